The van der Waals surface area contributed by atoms with Crippen LogP contribution in [0.4, 0.5) is 8.78 Å². The molecule has 5 nitrogen and oxygen atoms in total. The van der Waals surface area contributed by atoms with Crippen LogP contribution >= 0.6 is 34.5 Å². The molecule has 0 spiro atoms. The van der Waals surface area contributed by atoms with Gasteiger partial charge in [-0.25, -0.2) is 9.59 Å². The topological polar surface area (TPSA) is 61.8 Å². The molecule has 0 radical (unpaired) electrons. The van der Waals surface area contributed by atoms with Crippen LogP contribution in [0.2, 0.25) is 9.36 Å². The Morgan fingerprint density at radius 2 is 1.95 bits per heavy atom. The maximum absolute atomic E-state index is 13.5. The summed E-state index contributed by atoms with van der Waals surface area (Å²) in [6.07, 6.45) is -4.31. The molecule has 0 N–H and O–H groups in total. The smallest absolute Gasteiger partial charge is 0.465 e. The van der Waals surface area contributed by atoms with Gasteiger partial charge in [-0.3, -0.25) is 0 Å². The Kier molecular flexibility index (Phi) is 5.55. The third-order valence-electron chi connectivity index (χ3n) is 1.88. The molecule has 112 valence electrons. The maximum atomic E-state index is 13.5. The van der Waals surface area contributed by atoms with E-state index in [1.165, 1.54) is 6.92 Å². The standard InChI is InChI=1S/C10H8Cl2F2O5S/c1-3-18-9(16)10(13,14)19-5-4(11)7(12)20-6(5)8(15)17-2/h3H2,1-2H3. The SMILES string of the molecule is CCOC(=O)C(F)(F)Oc1c(C(=O)OC)sc(Cl)c1Cl. The number of rotatable bonds is 5. The first-order valence-electron chi connectivity index (χ1n) is 5.04. The highest BCUT2D eigenvalue weighted by Gasteiger charge is 2.46. The molecule has 0 aliphatic carbocycles. The molecule has 0 aliphatic rings. The molecule has 1 rings (SSSR count). The molecule has 0 fully saturated rings. The molecule has 0 saturated heterocycles. The van der Waals surface area contributed by atoms with E-state index in [0.29, 0.717) is 11.3 Å². The van der Waals surface area contributed by atoms with Crippen molar-refractivity contribution in [1.29, 1.82) is 0 Å². The summed E-state index contributed by atoms with van der Waals surface area (Å²) in [6, 6.07) is 0. The van der Waals surface area contributed by atoms with Gasteiger partial charge < -0.3 is 14.2 Å². The van der Waals surface area contributed by atoms with Gasteiger partial charge in [0.1, 0.15) is 9.36 Å². The molecule has 0 saturated carbocycles. The van der Waals surface area contributed by atoms with Gasteiger partial charge in [-0.1, -0.05) is 23.2 Å². The van der Waals surface area contributed by atoms with E-state index in [0.717, 1.165) is 7.11 Å². The first-order valence-corrected chi connectivity index (χ1v) is 6.62. The number of esters is 2. The van der Waals surface area contributed by atoms with Gasteiger partial charge in [0.05, 0.1) is 13.7 Å². The maximum Gasteiger partial charge on any atom is 0.502 e. The lowest BCUT2D eigenvalue weighted by molar-refractivity contribution is -0.216. The van der Waals surface area contributed by atoms with Crippen LogP contribution in [0.1, 0.15) is 16.6 Å². The highest BCUT2D eigenvalue weighted by molar-refractivity contribution is 7.19. The number of thiophene rings is 1. The zero-order valence-corrected chi connectivity index (χ0v) is 12.5. The van der Waals surface area contributed by atoms with Crippen molar-refractivity contribution in [3.63, 3.8) is 0 Å². The fraction of sp³-hybridized carbons (Fsp3) is 0.400. The zero-order valence-electron chi connectivity index (χ0n) is 10.2. The number of hydrogen-bond acceptors (Lipinski definition) is 6. The molecule has 1 aromatic heterocycles. The Morgan fingerprint density at radius 1 is 1.35 bits per heavy atom. The molecule has 0 aromatic carbocycles. The number of methoxy groups -OCH3 is 1. The Balaban J connectivity index is 3.14. The third-order valence-corrected chi connectivity index (χ3v) is 3.81. The molecule has 10 heteroatoms. The van der Waals surface area contributed by atoms with Crippen LogP contribution in [0.5, 0.6) is 5.75 Å². The van der Waals surface area contributed by atoms with Crippen molar-refractivity contribution in [1.82, 2.24) is 0 Å². The van der Waals surface area contributed by atoms with Crippen LogP contribution in [-0.4, -0.2) is 31.8 Å². The zero-order chi connectivity index (χ0) is 15.5. The van der Waals surface area contributed by atoms with E-state index in [9.17, 15) is 18.4 Å². The second-order valence-electron chi connectivity index (χ2n) is 3.18. The minimum atomic E-state index is -4.31. The fourth-order valence-corrected chi connectivity index (χ4v) is 2.46. The summed E-state index contributed by atoms with van der Waals surface area (Å²) in [5, 5.41) is -0.416. The van der Waals surface area contributed by atoms with E-state index in [-0.39, 0.29) is 15.8 Å². The number of ether oxygens (including phenoxy) is 3. The Morgan fingerprint density at radius 3 is 2.45 bits per heavy atom. The summed E-state index contributed by atoms with van der Waals surface area (Å²) >= 11 is 11.9. The van der Waals surface area contributed by atoms with E-state index in [1.807, 2.05) is 0 Å². The summed E-state index contributed by atoms with van der Waals surface area (Å²) in [4.78, 5) is 22.1. The van der Waals surface area contributed by atoms with Crippen molar-refractivity contribution >= 4 is 46.5 Å². The van der Waals surface area contributed by atoms with Crippen molar-refractivity contribution < 1.29 is 32.6 Å². The first kappa shape index (κ1) is 16.9. The fourth-order valence-electron chi connectivity index (χ4n) is 1.07. The third kappa shape index (κ3) is 3.50. The molecular formula is C10H8Cl2F2O5S. The second kappa shape index (κ2) is 6.55. The van der Waals surface area contributed by atoms with Crippen molar-refractivity contribution in [2.45, 2.75) is 13.0 Å². The van der Waals surface area contributed by atoms with E-state index >= 15 is 0 Å². The summed E-state index contributed by atoms with van der Waals surface area (Å²) in [5.41, 5.74) is 0. The Bertz CT molecular complexity index is 532. The van der Waals surface area contributed by atoms with E-state index < -0.39 is 28.8 Å². The van der Waals surface area contributed by atoms with E-state index in [2.05, 4.69) is 14.2 Å². The average molecular weight is 349 g/mol. The van der Waals surface area contributed by atoms with Crippen LogP contribution in [0.25, 0.3) is 0 Å². The quantitative estimate of drug-likeness (QED) is 0.763. The lowest BCUT2D eigenvalue weighted by Crippen LogP contribution is -2.37. The summed E-state index contributed by atoms with van der Waals surface area (Å²) in [5.74, 6) is -3.61. The normalized spacial score (nSPS) is 11.1. The van der Waals surface area contributed by atoms with E-state index in [1.54, 1.807) is 0 Å². The van der Waals surface area contributed by atoms with Gasteiger partial charge in [0, 0.05) is 0 Å². The van der Waals surface area contributed by atoms with Crippen LogP contribution in [-0.2, 0) is 14.3 Å². The lowest BCUT2D eigenvalue weighted by atomic mass is 10.4. The molecule has 0 atom stereocenters. The minimum Gasteiger partial charge on any atom is -0.465 e. The van der Waals surface area contributed by atoms with Crippen LogP contribution in [0, 0.1) is 0 Å². The summed E-state index contributed by atoms with van der Waals surface area (Å²) in [7, 11) is 1.04. The van der Waals surface area contributed by atoms with Gasteiger partial charge in [0.15, 0.2) is 10.6 Å². The lowest BCUT2D eigenvalue weighted by Gasteiger charge is -2.16. The largest absolute Gasteiger partial charge is 0.502 e. The number of hydrogen-bond donors (Lipinski definition) is 0. The van der Waals surface area contributed by atoms with Crippen LogP contribution in [0.15, 0.2) is 0 Å². The highest BCUT2D eigenvalue weighted by Crippen LogP contribution is 2.45. The van der Waals surface area contributed by atoms with E-state index in [4.69, 9.17) is 23.2 Å². The predicted octanol–water partition coefficient (Wildman–Crippen LogP) is 3.38. The highest BCUT2D eigenvalue weighted by atomic mass is 35.5. The summed E-state index contributed by atoms with van der Waals surface area (Å²) in [6.45, 7) is 1.09. The predicted molar refractivity (Wildman–Crippen MR) is 67.9 cm³/mol. The molecule has 1 aromatic rings. The minimum absolute atomic E-state index is 0.151. The molecule has 0 unspecified atom stereocenters. The van der Waals surface area contributed by atoms with Crippen molar-refractivity contribution in [2.24, 2.45) is 0 Å². The van der Waals surface area contributed by atoms with Crippen molar-refractivity contribution in [3.8, 4) is 5.75 Å². The van der Waals surface area contributed by atoms with Gasteiger partial charge in [-0.15, -0.1) is 11.3 Å². The van der Waals surface area contributed by atoms with Crippen LogP contribution in [0.3, 0.4) is 0 Å². The van der Waals surface area contributed by atoms with Gasteiger partial charge in [0.25, 0.3) is 0 Å². The van der Waals surface area contributed by atoms with Gasteiger partial charge >= 0.3 is 18.0 Å². The molecular weight excluding hydrogens is 341 g/mol. The molecule has 0 amide bonds. The second-order valence-corrected chi connectivity index (χ2v) is 5.18. The first-order chi connectivity index (χ1) is 9.24. The molecule has 1 heterocycles. The average Bonchev–Trinajstić information content (AvgIpc) is 2.66. The number of carbonyl (C=O) groups is 2. The number of carbonyl (C=O) groups excluding carboxylic acids is 2. The summed E-state index contributed by atoms with van der Waals surface area (Å²) < 4.78 is 39.5. The van der Waals surface area contributed by atoms with Crippen molar-refractivity contribution in [2.75, 3.05) is 13.7 Å². The van der Waals surface area contributed by atoms with Gasteiger partial charge in [-0.05, 0) is 6.92 Å². The monoisotopic (exact) mass is 348 g/mol. The Hall–Kier alpha value is -1.12. The number of halogens is 4. The number of alkyl halides is 2. The Labute approximate surface area is 126 Å². The van der Waals surface area contributed by atoms with Gasteiger partial charge in [0.2, 0.25) is 0 Å². The molecule has 20 heavy (non-hydrogen) atoms. The van der Waals surface area contributed by atoms with Crippen LogP contribution < -0.4 is 4.74 Å². The van der Waals surface area contributed by atoms with Gasteiger partial charge in [-0.2, -0.15) is 8.78 Å². The van der Waals surface area contributed by atoms with Crippen molar-refractivity contribution in [3.05, 3.63) is 14.2 Å². The molecule has 0 aliphatic heterocycles. The molecule has 0 bridgehead atoms.